The van der Waals surface area contributed by atoms with E-state index in [-0.39, 0.29) is 12.5 Å². The Morgan fingerprint density at radius 2 is 1.68 bits per heavy atom. The van der Waals surface area contributed by atoms with E-state index in [1.807, 2.05) is 38.1 Å². The van der Waals surface area contributed by atoms with Crippen LogP contribution < -0.4 is 15.4 Å². The van der Waals surface area contributed by atoms with Gasteiger partial charge in [-0.1, -0.05) is 56.3 Å². The Hall–Kier alpha value is -4.37. The molecule has 3 N–H and O–H groups in total. The second-order valence-corrected chi connectivity index (χ2v) is 9.63. The van der Waals surface area contributed by atoms with Gasteiger partial charge >= 0.3 is 6.18 Å². The molecule has 0 aliphatic carbocycles. The maximum absolute atomic E-state index is 13.1. The minimum absolute atomic E-state index is 0.0657. The second kappa shape index (κ2) is 12.9. The highest BCUT2D eigenvalue weighted by atomic mass is 19.4. The van der Waals surface area contributed by atoms with Gasteiger partial charge in [-0.15, -0.1) is 0 Å². The van der Waals surface area contributed by atoms with E-state index < -0.39 is 29.7 Å². The number of rotatable bonds is 9. The molecule has 4 rings (SSSR count). The molecular weight excluding hydrogens is 533 g/mol. The maximum Gasteiger partial charge on any atom is 0.416 e. The smallest absolute Gasteiger partial charge is 0.416 e. The van der Waals surface area contributed by atoms with E-state index in [4.69, 9.17) is 4.74 Å². The van der Waals surface area contributed by atoms with Crippen molar-refractivity contribution in [3.63, 3.8) is 0 Å². The molecule has 3 aromatic carbocycles. The van der Waals surface area contributed by atoms with Gasteiger partial charge in [0.1, 0.15) is 11.9 Å². The molecule has 6 nitrogen and oxygen atoms in total. The summed E-state index contributed by atoms with van der Waals surface area (Å²) in [6.07, 6.45) is 0.684. The maximum atomic E-state index is 13.1. The van der Waals surface area contributed by atoms with Crippen LogP contribution in [0.2, 0.25) is 0 Å². The van der Waals surface area contributed by atoms with Crippen LogP contribution in [0.25, 0.3) is 5.57 Å². The van der Waals surface area contributed by atoms with Crippen LogP contribution >= 0.6 is 0 Å². The summed E-state index contributed by atoms with van der Waals surface area (Å²) in [6, 6.07) is 17.1. The van der Waals surface area contributed by atoms with E-state index >= 15 is 0 Å². The minimum atomic E-state index is -4.45. The van der Waals surface area contributed by atoms with Crippen LogP contribution in [0.4, 0.5) is 24.5 Å². The van der Waals surface area contributed by atoms with Crippen molar-refractivity contribution >= 4 is 28.8 Å². The number of allylic oxidation sites excluding steroid dienone is 2. The quantitative estimate of drug-likeness (QED) is 0.198. The van der Waals surface area contributed by atoms with Gasteiger partial charge in [-0.25, -0.2) is 0 Å². The van der Waals surface area contributed by atoms with Crippen molar-refractivity contribution in [1.82, 2.24) is 0 Å². The van der Waals surface area contributed by atoms with E-state index in [2.05, 4.69) is 10.6 Å². The first-order valence-electron chi connectivity index (χ1n) is 13.3. The molecule has 1 aliphatic rings. The van der Waals surface area contributed by atoms with Crippen LogP contribution in [-0.2, 0) is 22.2 Å². The van der Waals surface area contributed by atoms with Crippen molar-refractivity contribution < 1.29 is 32.6 Å². The predicted molar refractivity (Wildman–Crippen MR) is 153 cm³/mol. The van der Waals surface area contributed by atoms with Gasteiger partial charge in [-0.3, -0.25) is 9.59 Å². The summed E-state index contributed by atoms with van der Waals surface area (Å²) in [4.78, 5) is 24.5. The third kappa shape index (κ3) is 7.43. The lowest BCUT2D eigenvalue weighted by Crippen LogP contribution is -2.34. The number of anilines is 2. The van der Waals surface area contributed by atoms with Crippen LogP contribution in [0.5, 0.6) is 5.75 Å². The van der Waals surface area contributed by atoms with Gasteiger partial charge in [0.2, 0.25) is 5.91 Å². The molecule has 0 saturated carbocycles. The Labute approximate surface area is 236 Å². The molecule has 0 aromatic heterocycles. The molecule has 9 heteroatoms. The molecule has 0 radical (unpaired) electrons. The number of aliphatic hydroxyl groups is 1. The predicted octanol–water partition coefficient (Wildman–Crippen LogP) is 6.75. The number of hydrogen-bond donors (Lipinski definition) is 3. The summed E-state index contributed by atoms with van der Waals surface area (Å²) in [5.41, 5.74) is 2.71. The Morgan fingerprint density at radius 1 is 1.05 bits per heavy atom. The topological polar surface area (TPSA) is 87.7 Å². The third-order valence-electron chi connectivity index (χ3n) is 6.80. The fraction of sp³-hybridized carbons (Fsp3) is 0.250. The second-order valence-electron chi connectivity index (χ2n) is 9.63. The summed E-state index contributed by atoms with van der Waals surface area (Å²) >= 11 is 0. The van der Waals surface area contributed by atoms with E-state index in [0.29, 0.717) is 33.8 Å². The number of carbonyl (C=O) groups is 2. The van der Waals surface area contributed by atoms with Crippen molar-refractivity contribution in [3.8, 4) is 5.75 Å². The molecule has 214 valence electrons. The zero-order valence-corrected chi connectivity index (χ0v) is 22.7. The van der Waals surface area contributed by atoms with Gasteiger partial charge in [-0.05, 0) is 65.9 Å². The Bertz CT molecular complexity index is 1440. The van der Waals surface area contributed by atoms with E-state index in [1.54, 1.807) is 24.3 Å². The number of aliphatic hydroxyl groups excluding tert-OH is 1. The Morgan fingerprint density at radius 3 is 2.29 bits per heavy atom. The normalized spacial score (nSPS) is 15.5. The monoisotopic (exact) mass is 564 g/mol. The van der Waals surface area contributed by atoms with Crippen LogP contribution in [0.1, 0.15) is 48.9 Å². The first-order chi connectivity index (χ1) is 19.6. The number of carbonyl (C=O) groups excluding carboxylic acids is 2. The summed E-state index contributed by atoms with van der Waals surface area (Å²) in [5, 5.41) is 15.3. The number of halogens is 3. The zero-order chi connectivity index (χ0) is 29.6. The molecule has 0 saturated heterocycles. The lowest BCUT2D eigenvalue weighted by molar-refractivity contribution is -0.137. The number of amides is 2. The average molecular weight is 565 g/mol. The molecule has 1 aliphatic heterocycles. The van der Waals surface area contributed by atoms with Crippen molar-refractivity contribution in [3.05, 3.63) is 107 Å². The SMILES string of the molecule is CCC(CC)Oc1ccc(/C(=C/C=C/C(=O)Nc2cccc3c2CC(O)C(=O)N3)c2ccc(C(F)(F)F)cc2)cc1. The average Bonchev–Trinajstić information content (AvgIpc) is 2.95. The number of ether oxygens (including phenoxy) is 1. The van der Waals surface area contributed by atoms with Gasteiger partial charge in [0.25, 0.3) is 5.91 Å². The third-order valence-corrected chi connectivity index (χ3v) is 6.80. The molecule has 1 heterocycles. The lowest BCUT2D eigenvalue weighted by Gasteiger charge is -2.23. The van der Waals surface area contributed by atoms with Crippen molar-refractivity contribution in [2.45, 2.75) is 51.5 Å². The van der Waals surface area contributed by atoms with Crippen molar-refractivity contribution in [2.75, 3.05) is 10.6 Å². The Balaban J connectivity index is 1.59. The molecule has 2 amide bonds. The summed E-state index contributed by atoms with van der Waals surface area (Å²) in [7, 11) is 0. The largest absolute Gasteiger partial charge is 0.490 e. The number of benzene rings is 3. The van der Waals surface area contributed by atoms with Crippen molar-refractivity contribution in [1.29, 1.82) is 0 Å². The van der Waals surface area contributed by atoms with E-state index in [1.165, 1.54) is 24.3 Å². The number of nitrogens with one attached hydrogen (secondary N) is 2. The molecule has 3 aromatic rings. The first-order valence-corrected chi connectivity index (χ1v) is 13.3. The number of alkyl halides is 3. The molecule has 0 bridgehead atoms. The highest BCUT2D eigenvalue weighted by molar-refractivity contribution is 6.03. The first kappa shape index (κ1) is 29.6. The van der Waals surface area contributed by atoms with Gasteiger partial charge < -0.3 is 20.5 Å². The van der Waals surface area contributed by atoms with Gasteiger partial charge in [0.05, 0.1) is 11.7 Å². The zero-order valence-electron chi connectivity index (χ0n) is 22.7. The van der Waals surface area contributed by atoms with Crippen LogP contribution in [0.15, 0.2) is 85.0 Å². The van der Waals surface area contributed by atoms with Crippen molar-refractivity contribution in [2.24, 2.45) is 0 Å². The summed E-state index contributed by atoms with van der Waals surface area (Å²) in [6.45, 7) is 4.09. The fourth-order valence-corrected chi connectivity index (χ4v) is 4.51. The van der Waals surface area contributed by atoms with Crippen LogP contribution in [0.3, 0.4) is 0 Å². The fourth-order valence-electron chi connectivity index (χ4n) is 4.51. The molecular formula is C32H31F3N2O4. The highest BCUT2D eigenvalue weighted by Gasteiger charge is 2.30. The van der Waals surface area contributed by atoms with Gasteiger partial charge in [-0.2, -0.15) is 13.2 Å². The molecule has 1 unspecified atom stereocenters. The minimum Gasteiger partial charge on any atom is -0.490 e. The highest BCUT2D eigenvalue weighted by Crippen LogP contribution is 2.32. The number of fused-ring (bicyclic) bond motifs is 1. The van der Waals surface area contributed by atoms with Gasteiger partial charge in [0, 0.05) is 29.4 Å². The van der Waals surface area contributed by atoms with Crippen LogP contribution in [-0.4, -0.2) is 29.1 Å². The lowest BCUT2D eigenvalue weighted by atomic mass is 9.96. The molecule has 0 fully saturated rings. The van der Waals surface area contributed by atoms with E-state index in [9.17, 15) is 27.9 Å². The molecule has 0 spiro atoms. The standard InChI is InChI=1S/C32H31F3N2O4/c1-3-23(4-2)41-24-17-13-21(14-18-24)25(20-11-15-22(16-12-20)32(33,34)35)7-5-10-30(39)36-27-8-6-9-28-26(27)19-29(38)31(40)37-28/h5-18,23,29,38H,3-4,19H2,1-2H3,(H,36,39)(H,37,40)/b10-5+,25-7+. The molecule has 41 heavy (non-hydrogen) atoms. The van der Waals surface area contributed by atoms with Gasteiger partial charge in [0.15, 0.2) is 0 Å². The summed E-state index contributed by atoms with van der Waals surface area (Å²) < 4.78 is 45.4. The summed E-state index contributed by atoms with van der Waals surface area (Å²) in [5.74, 6) is -0.268. The number of hydrogen-bond acceptors (Lipinski definition) is 4. The van der Waals surface area contributed by atoms with Crippen LogP contribution in [0, 0.1) is 0 Å². The van der Waals surface area contributed by atoms with E-state index in [0.717, 1.165) is 30.5 Å². The Kier molecular flexibility index (Phi) is 9.29. The molecule has 1 atom stereocenters.